The molecule has 28 heavy (non-hydrogen) atoms. The fraction of sp³-hybridized carbons (Fsp3) is 0.619. The number of methoxy groups -OCH3 is 1. The first-order valence-electron chi connectivity index (χ1n) is 10.3. The third-order valence-corrected chi connectivity index (χ3v) is 5.39. The van der Waals surface area contributed by atoms with Gasteiger partial charge in [-0.1, -0.05) is 0 Å². The predicted molar refractivity (Wildman–Crippen MR) is 111 cm³/mol. The smallest absolute Gasteiger partial charge is 0.315 e. The van der Waals surface area contributed by atoms with Gasteiger partial charge in [-0.3, -0.25) is 4.79 Å². The van der Waals surface area contributed by atoms with Crippen LogP contribution in [-0.2, 0) is 4.79 Å². The number of hydrogen-bond donors (Lipinski definition) is 3. The minimum Gasteiger partial charge on any atom is -0.497 e. The van der Waals surface area contributed by atoms with Gasteiger partial charge in [-0.2, -0.15) is 0 Å². The Morgan fingerprint density at radius 1 is 1.29 bits per heavy atom. The molecule has 0 aliphatic carbocycles. The van der Waals surface area contributed by atoms with E-state index in [0.717, 1.165) is 43.9 Å². The Morgan fingerprint density at radius 2 is 1.96 bits per heavy atom. The number of ether oxygens (including phenoxy) is 1. The highest BCUT2D eigenvalue weighted by Gasteiger charge is 2.31. The largest absolute Gasteiger partial charge is 0.497 e. The van der Waals surface area contributed by atoms with Crippen molar-refractivity contribution in [1.82, 2.24) is 10.6 Å². The number of rotatable bonds is 10. The third-order valence-electron chi connectivity index (χ3n) is 5.39. The van der Waals surface area contributed by atoms with Crippen LogP contribution in [0.25, 0.3) is 0 Å². The number of carbonyl (C=O) groups is 2. The highest BCUT2D eigenvalue weighted by Crippen LogP contribution is 2.24. The molecule has 0 saturated carbocycles. The quantitative estimate of drug-likeness (QED) is 0.561. The van der Waals surface area contributed by atoms with Gasteiger partial charge in [0.1, 0.15) is 5.75 Å². The van der Waals surface area contributed by atoms with Crippen molar-refractivity contribution in [3.05, 3.63) is 24.3 Å². The van der Waals surface area contributed by atoms with Crippen LogP contribution in [0.1, 0.15) is 40.0 Å². The van der Waals surface area contributed by atoms with Gasteiger partial charge in [0.2, 0.25) is 5.91 Å². The van der Waals surface area contributed by atoms with Gasteiger partial charge in [-0.25, -0.2) is 4.79 Å². The highest BCUT2D eigenvalue weighted by atomic mass is 16.5. The number of anilines is 1. The Morgan fingerprint density at radius 3 is 2.57 bits per heavy atom. The van der Waals surface area contributed by atoms with E-state index in [4.69, 9.17) is 4.74 Å². The van der Waals surface area contributed by atoms with Crippen LogP contribution >= 0.6 is 0 Å². The van der Waals surface area contributed by atoms with Crippen molar-refractivity contribution in [3.63, 3.8) is 0 Å². The van der Waals surface area contributed by atoms with Gasteiger partial charge in [0.05, 0.1) is 32.8 Å². The third kappa shape index (κ3) is 6.41. The summed E-state index contributed by atoms with van der Waals surface area (Å²) in [6, 6.07) is 7.12. The Kier molecular flexibility index (Phi) is 8.57. The predicted octanol–water partition coefficient (Wildman–Crippen LogP) is 1.19. The summed E-state index contributed by atoms with van der Waals surface area (Å²) in [6.45, 7) is 10.3. The molecule has 1 aromatic rings. The normalized spacial score (nSPS) is 17.7. The Bertz CT molecular complexity index is 631. The van der Waals surface area contributed by atoms with Crippen molar-refractivity contribution in [2.45, 2.75) is 52.1 Å². The molecule has 1 aliphatic heterocycles. The van der Waals surface area contributed by atoms with Crippen LogP contribution in [0.5, 0.6) is 5.75 Å². The van der Waals surface area contributed by atoms with Crippen LogP contribution in [0.3, 0.4) is 0 Å². The summed E-state index contributed by atoms with van der Waals surface area (Å²) in [5, 5.41) is 5.94. The first kappa shape index (κ1) is 22.0. The standard InChI is InChI=1S/C21H34N4O3/c1-5-24(6-2)13-7-8-16(3)22-21(27)23-17-14-20(26)25(15-17)18-9-11-19(28-4)12-10-18/h9-12,16-17H,5-8,13-15H2,1-4H3,(H2,22,23,27)/p+1/t16-,17-/m0/s1. The molecule has 1 saturated heterocycles. The molecule has 3 N–H and O–H groups in total. The average Bonchev–Trinajstić information content (AvgIpc) is 3.05. The summed E-state index contributed by atoms with van der Waals surface area (Å²) in [6.07, 6.45) is 2.36. The molecule has 1 fully saturated rings. The van der Waals surface area contributed by atoms with Crippen molar-refractivity contribution < 1.29 is 19.2 Å². The molecular formula is C21H35N4O3+. The maximum absolute atomic E-state index is 12.3. The maximum atomic E-state index is 12.3. The van der Waals surface area contributed by atoms with E-state index in [0.29, 0.717) is 13.0 Å². The number of benzene rings is 1. The van der Waals surface area contributed by atoms with E-state index in [1.54, 1.807) is 16.9 Å². The van der Waals surface area contributed by atoms with Crippen molar-refractivity contribution in [2.75, 3.05) is 38.2 Å². The van der Waals surface area contributed by atoms with Gasteiger partial charge in [0.25, 0.3) is 0 Å². The van der Waals surface area contributed by atoms with Crippen molar-refractivity contribution in [3.8, 4) is 5.75 Å². The second kappa shape index (κ2) is 10.9. The molecule has 3 amide bonds. The van der Waals surface area contributed by atoms with E-state index in [-0.39, 0.29) is 24.0 Å². The Labute approximate surface area is 168 Å². The SMILES string of the molecule is CC[NH+](CC)CCC[C@H](C)NC(=O)N[C@H]1CC(=O)N(c2ccc(OC)cc2)C1. The fourth-order valence-electron chi connectivity index (χ4n) is 3.60. The minimum absolute atomic E-state index is 0.0192. The first-order chi connectivity index (χ1) is 13.5. The lowest BCUT2D eigenvalue weighted by molar-refractivity contribution is -0.896. The number of nitrogens with one attached hydrogen (secondary N) is 3. The molecule has 0 aromatic heterocycles. The molecule has 1 aromatic carbocycles. The second-order valence-electron chi connectivity index (χ2n) is 7.47. The summed E-state index contributed by atoms with van der Waals surface area (Å²) in [4.78, 5) is 27.9. The Hall–Kier alpha value is -2.28. The maximum Gasteiger partial charge on any atom is 0.315 e. The van der Waals surface area contributed by atoms with E-state index in [9.17, 15) is 9.59 Å². The first-order valence-corrected chi connectivity index (χ1v) is 10.3. The van der Waals surface area contributed by atoms with E-state index >= 15 is 0 Å². The summed E-state index contributed by atoms with van der Waals surface area (Å²) in [7, 11) is 1.61. The van der Waals surface area contributed by atoms with Gasteiger partial charge < -0.3 is 25.2 Å². The number of hydrogen-bond acceptors (Lipinski definition) is 3. The minimum atomic E-state index is -0.197. The average molecular weight is 392 g/mol. The molecular weight excluding hydrogens is 356 g/mol. The van der Waals surface area contributed by atoms with Gasteiger partial charge in [0, 0.05) is 24.7 Å². The molecule has 2 atom stereocenters. The number of amides is 3. The van der Waals surface area contributed by atoms with Crippen molar-refractivity contribution >= 4 is 17.6 Å². The lowest BCUT2D eigenvalue weighted by Gasteiger charge is -2.20. The zero-order valence-electron chi connectivity index (χ0n) is 17.6. The fourth-order valence-corrected chi connectivity index (χ4v) is 3.60. The van der Waals surface area contributed by atoms with E-state index in [2.05, 4.69) is 24.5 Å². The lowest BCUT2D eigenvalue weighted by Crippen LogP contribution is -3.11. The lowest BCUT2D eigenvalue weighted by atomic mass is 10.2. The molecule has 156 valence electrons. The van der Waals surface area contributed by atoms with Gasteiger partial charge in [0.15, 0.2) is 0 Å². The van der Waals surface area contributed by atoms with Crippen LogP contribution in [0.2, 0.25) is 0 Å². The number of carbonyl (C=O) groups excluding carboxylic acids is 2. The molecule has 0 spiro atoms. The van der Waals surface area contributed by atoms with Crippen LogP contribution in [0.4, 0.5) is 10.5 Å². The summed E-state index contributed by atoms with van der Waals surface area (Å²) >= 11 is 0. The van der Waals surface area contributed by atoms with Gasteiger partial charge in [-0.15, -0.1) is 0 Å². The monoisotopic (exact) mass is 391 g/mol. The number of urea groups is 1. The van der Waals surface area contributed by atoms with Gasteiger partial charge in [-0.05, 0) is 57.9 Å². The molecule has 0 radical (unpaired) electrons. The Balaban J connectivity index is 1.75. The second-order valence-corrected chi connectivity index (χ2v) is 7.47. The number of quaternary nitrogens is 1. The number of nitrogens with zero attached hydrogens (tertiary/aromatic N) is 1. The van der Waals surface area contributed by atoms with E-state index in [1.165, 1.54) is 0 Å². The highest BCUT2D eigenvalue weighted by molar-refractivity contribution is 5.96. The van der Waals surface area contributed by atoms with Crippen molar-refractivity contribution in [2.24, 2.45) is 0 Å². The van der Waals surface area contributed by atoms with Crippen LogP contribution < -0.4 is 25.2 Å². The molecule has 7 nitrogen and oxygen atoms in total. The molecule has 0 unspecified atom stereocenters. The van der Waals surface area contributed by atoms with Crippen LogP contribution in [0, 0.1) is 0 Å². The molecule has 2 rings (SSSR count). The van der Waals surface area contributed by atoms with Crippen molar-refractivity contribution in [1.29, 1.82) is 0 Å². The summed E-state index contributed by atoms with van der Waals surface area (Å²) in [5.74, 6) is 0.770. The molecule has 7 heteroatoms. The summed E-state index contributed by atoms with van der Waals surface area (Å²) in [5.41, 5.74) is 0.822. The van der Waals surface area contributed by atoms with Crippen LogP contribution in [-0.4, -0.2) is 57.3 Å². The van der Waals surface area contributed by atoms with Crippen LogP contribution in [0.15, 0.2) is 24.3 Å². The summed E-state index contributed by atoms with van der Waals surface area (Å²) < 4.78 is 5.15. The molecule has 0 bridgehead atoms. The molecule has 1 heterocycles. The zero-order chi connectivity index (χ0) is 20.5. The zero-order valence-corrected chi connectivity index (χ0v) is 17.6. The van der Waals surface area contributed by atoms with Gasteiger partial charge >= 0.3 is 6.03 Å². The molecule has 1 aliphatic rings. The van der Waals surface area contributed by atoms with E-state index < -0.39 is 0 Å². The topological polar surface area (TPSA) is 75.1 Å². The van der Waals surface area contributed by atoms with E-state index in [1.807, 2.05) is 31.2 Å².